The molecule has 1 saturated carbocycles. The molecule has 2 aliphatic rings. The minimum Gasteiger partial charge on any atom is -0.467 e. The van der Waals surface area contributed by atoms with Gasteiger partial charge >= 0.3 is 5.97 Å². The molecule has 1 heterocycles. The van der Waals surface area contributed by atoms with Gasteiger partial charge in [0, 0.05) is 12.5 Å². The number of hydrogen-bond donors (Lipinski definition) is 0. The summed E-state index contributed by atoms with van der Waals surface area (Å²) in [5, 5.41) is 0. The molecule has 1 aliphatic heterocycles. The summed E-state index contributed by atoms with van der Waals surface area (Å²) in [5.74, 6) is 0.258. The van der Waals surface area contributed by atoms with Crippen LogP contribution < -0.4 is 0 Å². The number of hydrogen-bond acceptors (Lipinski definition) is 4. The zero-order valence-corrected chi connectivity index (χ0v) is 14.1. The lowest BCUT2D eigenvalue weighted by atomic mass is 9.96. The van der Waals surface area contributed by atoms with E-state index in [1.165, 1.54) is 12.7 Å². The van der Waals surface area contributed by atoms with E-state index in [-0.39, 0.29) is 24.4 Å². The molecule has 1 saturated heterocycles. The Morgan fingerprint density at radius 1 is 1.25 bits per heavy atom. The Kier molecular flexibility index (Phi) is 5.51. The second-order valence-electron chi connectivity index (χ2n) is 6.71. The van der Waals surface area contributed by atoms with Gasteiger partial charge in [-0.3, -0.25) is 4.79 Å². The number of carbonyl (C=O) groups excluding carboxylic acids is 2. The highest BCUT2D eigenvalue weighted by atomic mass is 16.5. The van der Waals surface area contributed by atoms with Crippen LogP contribution in [0, 0.1) is 11.8 Å². The molecule has 0 N–H and O–H groups in total. The Bertz CT molecular complexity index is 574. The summed E-state index contributed by atoms with van der Waals surface area (Å²) in [6.45, 7) is 1.19. The van der Waals surface area contributed by atoms with Gasteiger partial charge in [-0.2, -0.15) is 0 Å². The number of benzene rings is 1. The molecule has 0 spiro atoms. The van der Waals surface area contributed by atoms with Gasteiger partial charge in [-0.25, -0.2) is 4.79 Å². The van der Waals surface area contributed by atoms with Crippen LogP contribution >= 0.6 is 0 Å². The van der Waals surface area contributed by atoms with Crippen molar-refractivity contribution in [2.24, 2.45) is 11.8 Å². The fourth-order valence-corrected chi connectivity index (χ4v) is 3.87. The van der Waals surface area contributed by atoms with Crippen molar-refractivity contribution < 1.29 is 19.1 Å². The maximum Gasteiger partial charge on any atom is 0.331 e. The van der Waals surface area contributed by atoms with Gasteiger partial charge in [0.05, 0.1) is 20.3 Å². The third kappa shape index (κ3) is 3.78. The summed E-state index contributed by atoms with van der Waals surface area (Å²) in [6, 6.07) is 9.83. The lowest BCUT2D eigenvalue weighted by Gasteiger charge is -2.35. The van der Waals surface area contributed by atoms with E-state index in [1.54, 1.807) is 4.90 Å². The number of amides is 1. The van der Waals surface area contributed by atoms with Crippen molar-refractivity contribution in [1.82, 2.24) is 4.90 Å². The second kappa shape index (κ2) is 7.79. The van der Waals surface area contributed by atoms with Crippen molar-refractivity contribution in [3.63, 3.8) is 0 Å². The predicted octanol–water partition coefficient (Wildman–Crippen LogP) is 2.05. The van der Waals surface area contributed by atoms with Crippen LogP contribution in [0.5, 0.6) is 0 Å². The van der Waals surface area contributed by atoms with Crippen LogP contribution in [0.4, 0.5) is 0 Å². The molecule has 0 aromatic heterocycles. The first kappa shape index (κ1) is 17.0. The topological polar surface area (TPSA) is 55.8 Å². The lowest BCUT2D eigenvalue weighted by Crippen LogP contribution is -2.54. The fourth-order valence-electron chi connectivity index (χ4n) is 3.87. The van der Waals surface area contributed by atoms with Crippen molar-refractivity contribution >= 4 is 11.9 Å². The molecule has 3 atom stereocenters. The van der Waals surface area contributed by atoms with Crippen LogP contribution in [0.15, 0.2) is 30.3 Å². The average Bonchev–Trinajstić information content (AvgIpc) is 3.09. The van der Waals surface area contributed by atoms with E-state index in [0.29, 0.717) is 19.1 Å². The zero-order valence-electron chi connectivity index (χ0n) is 14.1. The first-order valence-corrected chi connectivity index (χ1v) is 8.69. The monoisotopic (exact) mass is 331 g/mol. The van der Waals surface area contributed by atoms with Gasteiger partial charge in [-0.1, -0.05) is 30.3 Å². The standard InChI is InChI=1S/C19H25NO4/c1-23-19(22)17-13-24-10-9-20(17)18(21)16-8-7-15(12-16)11-14-5-3-2-4-6-14/h2-6,15-17H,7-13H2,1H3/t15-,16+,17-/m0/s1. The van der Waals surface area contributed by atoms with Crippen molar-refractivity contribution in [3.8, 4) is 0 Å². The van der Waals surface area contributed by atoms with Gasteiger partial charge < -0.3 is 14.4 Å². The number of rotatable bonds is 4. The summed E-state index contributed by atoms with van der Waals surface area (Å²) in [7, 11) is 1.35. The smallest absolute Gasteiger partial charge is 0.331 e. The summed E-state index contributed by atoms with van der Waals surface area (Å²) in [4.78, 5) is 26.5. The van der Waals surface area contributed by atoms with Gasteiger partial charge in [-0.15, -0.1) is 0 Å². The molecule has 24 heavy (non-hydrogen) atoms. The third-order valence-corrected chi connectivity index (χ3v) is 5.14. The Morgan fingerprint density at radius 3 is 2.79 bits per heavy atom. The van der Waals surface area contributed by atoms with Crippen LogP contribution in [-0.4, -0.2) is 49.7 Å². The highest BCUT2D eigenvalue weighted by Crippen LogP contribution is 2.35. The molecule has 3 rings (SSSR count). The van der Waals surface area contributed by atoms with E-state index in [2.05, 4.69) is 24.3 Å². The Hall–Kier alpha value is -1.88. The zero-order chi connectivity index (χ0) is 16.9. The van der Waals surface area contributed by atoms with Crippen LogP contribution in [0.25, 0.3) is 0 Å². The summed E-state index contributed by atoms with van der Waals surface area (Å²) < 4.78 is 10.2. The van der Waals surface area contributed by atoms with Crippen molar-refractivity contribution in [2.45, 2.75) is 31.7 Å². The van der Waals surface area contributed by atoms with Gasteiger partial charge in [0.1, 0.15) is 0 Å². The van der Waals surface area contributed by atoms with Crippen LogP contribution in [0.3, 0.4) is 0 Å². The molecule has 5 heteroatoms. The van der Waals surface area contributed by atoms with Crippen molar-refractivity contribution in [1.29, 1.82) is 0 Å². The summed E-state index contributed by atoms with van der Waals surface area (Å²) in [6.07, 6.45) is 3.90. The van der Waals surface area contributed by atoms with E-state index in [4.69, 9.17) is 9.47 Å². The molecule has 0 bridgehead atoms. The predicted molar refractivity (Wildman–Crippen MR) is 89.3 cm³/mol. The number of ether oxygens (including phenoxy) is 2. The SMILES string of the molecule is COC(=O)[C@@H]1COCCN1C(=O)[C@@H]1CC[C@@H](Cc2ccccc2)C1. The van der Waals surface area contributed by atoms with Gasteiger partial charge in [0.2, 0.25) is 5.91 Å². The highest BCUT2D eigenvalue weighted by molar-refractivity contribution is 5.86. The van der Waals surface area contributed by atoms with E-state index in [0.717, 1.165) is 25.7 Å². The molecule has 1 amide bonds. The quantitative estimate of drug-likeness (QED) is 0.793. The van der Waals surface area contributed by atoms with E-state index in [1.807, 2.05) is 6.07 Å². The molecule has 1 aromatic rings. The van der Waals surface area contributed by atoms with Crippen molar-refractivity contribution in [3.05, 3.63) is 35.9 Å². The van der Waals surface area contributed by atoms with E-state index in [9.17, 15) is 9.59 Å². The van der Waals surface area contributed by atoms with Crippen LogP contribution in [0.2, 0.25) is 0 Å². The fraction of sp³-hybridized carbons (Fsp3) is 0.579. The molecule has 0 radical (unpaired) electrons. The molecule has 130 valence electrons. The van der Waals surface area contributed by atoms with E-state index >= 15 is 0 Å². The molecular weight excluding hydrogens is 306 g/mol. The highest BCUT2D eigenvalue weighted by Gasteiger charge is 2.39. The van der Waals surface area contributed by atoms with Crippen LogP contribution in [-0.2, 0) is 25.5 Å². The van der Waals surface area contributed by atoms with Gasteiger partial charge in [-0.05, 0) is 37.2 Å². The molecular formula is C19H25NO4. The van der Waals surface area contributed by atoms with Crippen LogP contribution in [0.1, 0.15) is 24.8 Å². The maximum atomic E-state index is 12.9. The average molecular weight is 331 g/mol. The second-order valence-corrected chi connectivity index (χ2v) is 6.71. The molecule has 1 aliphatic carbocycles. The van der Waals surface area contributed by atoms with E-state index < -0.39 is 6.04 Å². The number of methoxy groups -OCH3 is 1. The summed E-state index contributed by atoms with van der Waals surface area (Å²) in [5.41, 5.74) is 1.33. The minimum atomic E-state index is -0.593. The first-order chi connectivity index (χ1) is 11.7. The molecule has 2 fully saturated rings. The van der Waals surface area contributed by atoms with Gasteiger partial charge in [0.15, 0.2) is 6.04 Å². The Balaban J connectivity index is 1.60. The Labute approximate surface area is 142 Å². The van der Waals surface area contributed by atoms with Crippen molar-refractivity contribution in [2.75, 3.05) is 26.9 Å². The largest absolute Gasteiger partial charge is 0.467 e. The minimum absolute atomic E-state index is 0.0176. The number of esters is 1. The maximum absolute atomic E-state index is 12.9. The van der Waals surface area contributed by atoms with Gasteiger partial charge in [0.25, 0.3) is 0 Å². The number of carbonyl (C=O) groups is 2. The summed E-state index contributed by atoms with van der Waals surface area (Å²) >= 11 is 0. The number of morpholine rings is 1. The molecule has 5 nitrogen and oxygen atoms in total. The molecule has 0 unspecified atom stereocenters. The molecule has 1 aromatic carbocycles. The first-order valence-electron chi connectivity index (χ1n) is 8.69. The Morgan fingerprint density at radius 2 is 2.04 bits per heavy atom. The normalized spacial score (nSPS) is 27.0. The lowest BCUT2D eigenvalue weighted by molar-refractivity contribution is -0.162. The third-order valence-electron chi connectivity index (χ3n) is 5.14. The number of nitrogens with zero attached hydrogens (tertiary/aromatic N) is 1.